The fraction of sp³-hybridized carbons (Fsp3) is 0.632. The Morgan fingerprint density at radius 1 is 1.43 bits per heavy atom. The lowest BCUT2D eigenvalue weighted by atomic mass is 9.76. The third kappa shape index (κ3) is 1.90. The Hall–Kier alpha value is -1.55. The number of amides is 1. The van der Waals surface area contributed by atoms with Gasteiger partial charge in [0.05, 0.1) is 12.6 Å². The van der Waals surface area contributed by atoms with E-state index in [4.69, 9.17) is 10.5 Å². The van der Waals surface area contributed by atoms with E-state index in [1.54, 1.807) is 7.11 Å². The molecular formula is C19H26N2O2. The van der Waals surface area contributed by atoms with Crippen LogP contribution in [-0.2, 0) is 16.8 Å². The Labute approximate surface area is 138 Å². The Balaban J connectivity index is 1.90. The number of methoxy groups -OCH3 is 1. The maximum Gasteiger partial charge on any atom is 0.223 e. The van der Waals surface area contributed by atoms with Crippen molar-refractivity contribution in [1.82, 2.24) is 4.90 Å². The normalized spacial score (nSPS) is 35.5. The molecule has 0 radical (unpaired) electrons. The average molecular weight is 314 g/mol. The Kier molecular flexibility index (Phi) is 3.41. The maximum atomic E-state index is 12.7. The highest BCUT2D eigenvalue weighted by Crippen LogP contribution is 2.60. The van der Waals surface area contributed by atoms with Gasteiger partial charge in [-0.15, -0.1) is 0 Å². The third-order valence-corrected chi connectivity index (χ3v) is 6.55. The third-order valence-electron chi connectivity index (χ3n) is 6.55. The summed E-state index contributed by atoms with van der Waals surface area (Å²) >= 11 is 0. The zero-order valence-electron chi connectivity index (χ0n) is 14.0. The lowest BCUT2D eigenvalue weighted by Crippen LogP contribution is -2.45. The Morgan fingerprint density at radius 2 is 2.26 bits per heavy atom. The van der Waals surface area contributed by atoms with Crippen molar-refractivity contribution in [3.63, 3.8) is 0 Å². The van der Waals surface area contributed by atoms with Crippen LogP contribution >= 0.6 is 0 Å². The van der Waals surface area contributed by atoms with Crippen LogP contribution < -0.4 is 10.5 Å². The number of carbonyl (C=O) groups excluding carboxylic acids is 1. The van der Waals surface area contributed by atoms with Gasteiger partial charge in [0.15, 0.2) is 0 Å². The molecular weight excluding hydrogens is 288 g/mol. The van der Waals surface area contributed by atoms with E-state index in [0.29, 0.717) is 36.6 Å². The van der Waals surface area contributed by atoms with E-state index in [2.05, 4.69) is 30.0 Å². The monoisotopic (exact) mass is 314 g/mol. The van der Waals surface area contributed by atoms with Crippen molar-refractivity contribution >= 4 is 5.91 Å². The van der Waals surface area contributed by atoms with Gasteiger partial charge in [-0.25, -0.2) is 0 Å². The van der Waals surface area contributed by atoms with Crippen molar-refractivity contribution < 1.29 is 9.53 Å². The number of aryl methyl sites for hydroxylation is 1. The molecule has 1 saturated carbocycles. The summed E-state index contributed by atoms with van der Waals surface area (Å²) < 4.78 is 5.43. The number of hydrogen-bond donors (Lipinski definition) is 1. The van der Waals surface area contributed by atoms with E-state index in [1.807, 2.05) is 0 Å². The number of benzene rings is 1. The van der Waals surface area contributed by atoms with Gasteiger partial charge in [0.1, 0.15) is 5.75 Å². The number of fused-ring (bicyclic) bond motifs is 1. The highest BCUT2D eigenvalue weighted by molar-refractivity contribution is 5.81. The van der Waals surface area contributed by atoms with Crippen molar-refractivity contribution in [2.75, 3.05) is 20.2 Å². The maximum absolute atomic E-state index is 12.7. The van der Waals surface area contributed by atoms with Crippen molar-refractivity contribution in [2.45, 2.75) is 38.1 Å². The molecule has 1 spiro atoms. The summed E-state index contributed by atoms with van der Waals surface area (Å²) in [6.07, 6.45) is 3.76. The van der Waals surface area contributed by atoms with Crippen LogP contribution in [0.15, 0.2) is 18.2 Å². The van der Waals surface area contributed by atoms with Crippen LogP contribution in [0.5, 0.6) is 5.75 Å². The fourth-order valence-corrected chi connectivity index (χ4v) is 5.63. The highest BCUT2D eigenvalue weighted by atomic mass is 16.5. The molecule has 4 nitrogen and oxygen atoms in total. The van der Waals surface area contributed by atoms with Crippen LogP contribution in [0.3, 0.4) is 0 Å². The molecule has 2 N–H and O–H groups in total. The van der Waals surface area contributed by atoms with Crippen molar-refractivity contribution in [3.05, 3.63) is 29.3 Å². The second-order valence-corrected chi connectivity index (χ2v) is 7.49. The van der Waals surface area contributed by atoms with Gasteiger partial charge in [-0.2, -0.15) is 0 Å². The van der Waals surface area contributed by atoms with Crippen molar-refractivity contribution in [3.8, 4) is 5.75 Å². The molecule has 2 heterocycles. The van der Waals surface area contributed by atoms with Gasteiger partial charge >= 0.3 is 0 Å². The molecule has 1 amide bonds. The van der Waals surface area contributed by atoms with Gasteiger partial charge in [0, 0.05) is 13.0 Å². The molecule has 4 atom stereocenters. The average Bonchev–Trinajstić information content (AvgIpc) is 2.89. The molecule has 2 fully saturated rings. The molecule has 1 aromatic carbocycles. The zero-order chi connectivity index (χ0) is 16.2. The predicted octanol–water partition coefficient (Wildman–Crippen LogP) is 2.30. The Bertz CT molecular complexity index is 644. The fourth-order valence-electron chi connectivity index (χ4n) is 5.63. The number of nitrogens with two attached hydrogens (primary N) is 1. The standard InChI is InChI=1S/C19H26N2O2/c1-12-10-19-16-6-5-14(23-2)8-13(16)4-3-7-21(19)18(22)9-17(19)15(12)11-20/h5-6,8,12,15,17H,3-4,7,9-11,20H2,1-2H3. The number of hydrogen-bond acceptors (Lipinski definition) is 3. The molecule has 23 heavy (non-hydrogen) atoms. The lowest BCUT2D eigenvalue weighted by Gasteiger charge is -2.39. The summed E-state index contributed by atoms with van der Waals surface area (Å²) in [5, 5.41) is 0. The minimum Gasteiger partial charge on any atom is -0.497 e. The van der Waals surface area contributed by atoms with Crippen molar-refractivity contribution in [1.29, 1.82) is 0 Å². The summed E-state index contributed by atoms with van der Waals surface area (Å²) in [5.74, 6) is 2.60. The molecule has 124 valence electrons. The highest BCUT2D eigenvalue weighted by Gasteiger charge is 2.62. The molecule has 0 bridgehead atoms. The molecule has 1 aliphatic carbocycles. The zero-order valence-corrected chi connectivity index (χ0v) is 14.0. The van der Waals surface area contributed by atoms with Gasteiger partial charge in [-0.05, 0) is 66.8 Å². The molecule has 4 unspecified atom stereocenters. The van der Waals surface area contributed by atoms with Crippen LogP contribution in [0.4, 0.5) is 0 Å². The SMILES string of the molecule is COc1ccc2c(c1)CCCN1C(=O)CC3C(CN)C(C)CC231. The molecule has 1 saturated heterocycles. The second kappa shape index (κ2) is 5.23. The Morgan fingerprint density at radius 3 is 3.00 bits per heavy atom. The van der Waals surface area contributed by atoms with E-state index in [-0.39, 0.29) is 5.54 Å². The lowest BCUT2D eigenvalue weighted by molar-refractivity contribution is -0.131. The van der Waals surface area contributed by atoms with Crippen LogP contribution in [0.1, 0.15) is 37.3 Å². The minimum atomic E-state index is -0.126. The summed E-state index contributed by atoms with van der Waals surface area (Å²) in [5.41, 5.74) is 8.69. The summed E-state index contributed by atoms with van der Waals surface area (Å²) in [6.45, 7) is 3.86. The smallest absolute Gasteiger partial charge is 0.223 e. The van der Waals surface area contributed by atoms with Crippen LogP contribution in [-0.4, -0.2) is 31.0 Å². The molecule has 2 aliphatic heterocycles. The summed E-state index contributed by atoms with van der Waals surface area (Å²) in [7, 11) is 1.72. The van der Waals surface area contributed by atoms with E-state index >= 15 is 0 Å². The van der Waals surface area contributed by atoms with Gasteiger partial charge < -0.3 is 15.4 Å². The number of ether oxygens (including phenoxy) is 1. The van der Waals surface area contributed by atoms with Crippen LogP contribution in [0.2, 0.25) is 0 Å². The first-order valence-electron chi connectivity index (χ1n) is 8.79. The summed E-state index contributed by atoms with van der Waals surface area (Å²) in [6, 6.07) is 6.44. The number of rotatable bonds is 2. The largest absolute Gasteiger partial charge is 0.497 e. The van der Waals surface area contributed by atoms with E-state index < -0.39 is 0 Å². The molecule has 4 rings (SSSR count). The van der Waals surface area contributed by atoms with E-state index in [0.717, 1.165) is 31.6 Å². The number of carbonyl (C=O) groups is 1. The van der Waals surface area contributed by atoms with Gasteiger partial charge in [0.25, 0.3) is 0 Å². The van der Waals surface area contributed by atoms with E-state index in [1.165, 1.54) is 11.1 Å². The topological polar surface area (TPSA) is 55.6 Å². The molecule has 1 aromatic rings. The van der Waals surface area contributed by atoms with E-state index in [9.17, 15) is 4.79 Å². The first-order chi connectivity index (χ1) is 11.1. The first kappa shape index (κ1) is 15.0. The summed E-state index contributed by atoms with van der Waals surface area (Å²) in [4.78, 5) is 14.9. The van der Waals surface area contributed by atoms with Gasteiger partial charge in [0.2, 0.25) is 5.91 Å². The van der Waals surface area contributed by atoms with Gasteiger partial charge in [-0.1, -0.05) is 13.0 Å². The molecule has 0 aromatic heterocycles. The first-order valence-corrected chi connectivity index (χ1v) is 8.79. The predicted molar refractivity (Wildman–Crippen MR) is 89.1 cm³/mol. The van der Waals surface area contributed by atoms with Crippen LogP contribution in [0, 0.1) is 17.8 Å². The quantitative estimate of drug-likeness (QED) is 0.911. The van der Waals surface area contributed by atoms with Crippen LogP contribution in [0.25, 0.3) is 0 Å². The second-order valence-electron chi connectivity index (χ2n) is 7.49. The minimum absolute atomic E-state index is 0.126. The number of nitrogens with zero attached hydrogens (tertiary/aromatic N) is 1. The molecule has 3 aliphatic rings. The molecule has 4 heteroatoms. The van der Waals surface area contributed by atoms with Gasteiger partial charge in [-0.3, -0.25) is 4.79 Å². The van der Waals surface area contributed by atoms with Crippen molar-refractivity contribution in [2.24, 2.45) is 23.5 Å².